The van der Waals surface area contributed by atoms with Crippen LogP contribution in [0.5, 0.6) is 0 Å². The Labute approximate surface area is 176 Å². The van der Waals surface area contributed by atoms with Crippen LogP contribution in [0.1, 0.15) is 42.7 Å². The Morgan fingerprint density at radius 3 is 2.55 bits per heavy atom. The number of rotatable bonds is 4. The van der Waals surface area contributed by atoms with Crippen LogP contribution in [0.15, 0.2) is 29.9 Å². The molecule has 0 aromatic carbocycles. The second kappa shape index (κ2) is 7.88. The number of piperazine rings is 1. The summed E-state index contributed by atoms with van der Waals surface area (Å²) in [7, 11) is 0. The molecule has 0 atom stereocenters. The molecule has 0 unspecified atom stereocenters. The van der Waals surface area contributed by atoms with Crippen molar-refractivity contribution in [2.45, 2.75) is 46.1 Å². The van der Waals surface area contributed by atoms with Gasteiger partial charge in [0.1, 0.15) is 5.65 Å². The van der Waals surface area contributed by atoms with Crippen molar-refractivity contribution >= 4 is 22.9 Å². The van der Waals surface area contributed by atoms with Gasteiger partial charge in [-0.2, -0.15) is 0 Å². The fourth-order valence-corrected chi connectivity index (χ4v) is 4.56. The van der Waals surface area contributed by atoms with Crippen LogP contribution < -0.4 is 0 Å². The van der Waals surface area contributed by atoms with Crippen LogP contribution in [0, 0.1) is 6.92 Å². The fraction of sp³-hybridized carbons (Fsp3) is 0.500. The maximum Gasteiger partial charge on any atom is 0.228 e. The molecule has 0 saturated carbocycles. The van der Waals surface area contributed by atoms with E-state index in [0.717, 1.165) is 55.3 Å². The van der Waals surface area contributed by atoms with Gasteiger partial charge in [-0.15, -0.1) is 11.3 Å². The van der Waals surface area contributed by atoms with E-state index in [1.807, 2.05) is 40.8 Å². The first kappa shape index (κ1) is 20.0. The van der Waals surface area contributed by atoms with Crippen molar-refractivity contribution in [2.75, 3.05) is 26.2 Å². The molecule has 3 aromatic rings. The molecule has 4 heterocycles. The van der Waals surface area contributed by atoms with Crippen molar-refractivity contribution in [2.24, 2.45) is 0 Å². The summed E-state index contributed by atoms with van der Waals surface area (Å²) in [5.74, 6) is 0.161. The lowest BCUT2D eigenvalue weighted by Gasteiger charge is -2.34. The first-order valence-electron chi connectivity index (χ1n) is 10.2. The van der Waals surface area contributed by atoms with Gasteiger partial charge in [0.2, 0.25) is 5.91 Å². The molecule has 1 aliphatic rings. The fourth-order valence-electron chi connectivity index (χ4n) is 3.66. The number of thiazole rings is 1. The number of carbonyl (C=O) groups is 1. The van der Waals surface area contributed by atoms with Crippen LogP contribution in [-0.2, 0) is 23.2 Å². The number of hydrogen-bond donors (Lipinski definition) is 0. The first-order chi connectivity index (χ1) is 13.8. The molecule has 0 aliphatic carbocycles. The third-order valence-electron chi connectivity index (χ3n) is 5.36. The summed E-state index contributed by atoms with van der Waals surface area (Å²) in [6, 6.07) is 4.04. The smallest absolute Gasteiger partial charge is 0.228 e. The van der Waals surface area contributed by atoms with Crippen molar-refractivity contribution in [3.05, 3.63) is 51.9 Å². The summed E-state index contributed by atoms with van der Waals surface area (Å²) >= 11 is 1.74. The third-order valence-corrected chi connectivity index (χ3v) is 6.68. The maximum absolute atomic E-state index is 12.8. The highest BCUT2D eigenvalue weighted by Crippen LogP contribution is 2.26. The Balaban J connectivity index is 1.31. The van der Waals surface area contributed by atoms with E-state index in [4.69, 9.17) is 4.98 Å². The lowest BCUT2D eigenvalue weighted by Crippen LogP contribution is -2.48. The largest absolute Gasteiger partial charge is 0.340 e. The lowest BCUT2D eigenvalue weighted by atomic mass is 9.98. The zero-order chi connectivity index (χ0) is 20.6. The summed E-state index contributed by atoms with van der Waals surface area (Å²) in [6.07, 6.45) is 4.30. The number of pyridine rings is 1. The minimum Gasteiger partial charge on any atom is -0.340 e. The summed E-state index contributed by atoms with van der Waals surface area (Å²) in [6.45, 7) is 12.8. The van der Waals surface area contributed by atoms with Gasteiger partial charge in [-0.05, 0) is 18.6 Å². The number of nitrogens with zero attached hydrogens (tertiary/aromatic N) is 5. The first-order valence-corrected chi connectivity index (χ1v) is 11.1. The van der Waals surface area contributed by atoms with Crippen LogP contribution in [0.25, 0.3) is 5.65 Å². The Bertz CT molecular complexity index is 1010. The number of carbonyl (C=O) groups excluding carboxylic acids is 1. The molecule has 3 aromatic heterocycles. The third kappa shape index (κ3) is 4.51. The Kier molecular flexibility index (Phi) is 5.44. The van der Waals surface area contributed by atoms with E-state index in [-0.39, 0.29) is 11.3 Å². The molecule has 7 heteroatoms. The minimum atomic E-state index is 0.102. The van der Waals surface area contributed by atoms with E-state index < -0.39 is 0 Å². The van der Waals surface area contributed by atoms with Gasteiger partial charge in [-0.1, -0.05) is 26.8 Å². The standard InChI is InChI=1S/C22H29N5OS/c1-16-6-5-7-27-14-17(23-20(16)27)12-19(28)26-10-8-25(9-11-26)13-18-15-29-21(24-18)22(2,3)4/h5-7,14-15H,8-13H2,1-4H3. The van der Waals surface area contributed by atoms with E-state index >= 15 is 0 Å². The molecule has 0 N–H and O–H groups in total. The number of aromatic nitrogens is 3. The average molecular weight is 412 g/mol. The number of hydrogen-bond acceptors (Lipinski definition) is 5. The Morgan fingerprint density at radius 1 is 1.14 bits per heavy atom. The highest BCUT2D eigenvalue weighted by Gasteiger charge is 2.23. The topological polar surface area (TPSA) is 53.7 Å². The van der Waals surface area contributed by atoms with Crippen LogP contribution in [0.3, 0.4) is 0 Å². The van der Waals surface area contributed by atoms with Crippen molar-refractivity contribution in [3.63, 3.8) is 0 Å². The predicted molar refractivity (Wildman–Crippen MR) is 116 cm³/mol. The molecule has 0 radical (unpaired) electrons. The van der Waals surface area contributed by atoms with E-state index in [1.54, 1.807) is 11.3 Å². The molecule has 1 amide bonds. The zero-order valence-corrected chi connectivity index (χ0v) is 18.5. The second-order valence-corrected chi connectivity index (χ2v) is 9.74. The van der Waals surface area contributed by atoms with Crippen LogP contribution in [0.4, 0.5) is 0 Å². The second-order valence-electron chi connectivity index (χ2n) is 8.88. The number of fused-ring (bicyclic) bond motifs is 1. The minimum absolute atomic E-state index is 0.102. The molecule has 6 nitrogen and oxygen atoms in total. The Morgan fingerprint density at radius 2 is 1.90 bits per heavy atom. The molecule has 4 rings (SSSR count). The number of amides is 1. The molecule has 0 bridgehead atoms. The van der Waals surface area contributed by atoms with E-state index in [1.165, 1.54) is 5.01 Å². The lowest BCUT2D eigenvalue weighted by molar-refractivity contribution is -0.132. The molecule has 1 aliphatic heterocycles. The highest BCUT2D eigenvalue weighted by molar-refractivity contribution is 7.09. The van der Waals surface area contributed by atoms with Crippen LogP contribution >= 0.6 is 11.3 Å². The van der Waals surface area contributed by atoms with Crippen LogP contribution in [-0.4, -0.2) is 56.3 Å². The number of imidazole rings is 1. The maximum atomic E-state index is 12.8. The summed E-state index contributed by atoms with van der Waals surface area (Å²) in [5, 5.41) is 3.35. The van der Waals surface area contributed by atoms with Gasteiger partial charge in [-0.3, -0.25) is 9.69 Å². The predicted octanol–water partition coefficient (Wildman–Crippen LogP) is 3.28. The summed E-state index contributed by atoms with van der Waals surface area (Å²) < 4.78 is 2.00. The zero-order valence-electron chi connectivity index (χ0n) is 17.7. The van der Waals surface area contributed by atoms with Gasteiger partial charge < -0.3 is 9.30 Å². The monoisotopic (exact) mass is 411 g/mol. The van der Waals surface area contributed by atoms with Gasteiger partial charge in [0.05, 0.1) is 22.8 Å². The van der Waals surface area contributed by atoms with Crippen LogP contribution in [0.2, 0.25) is 0 Å². The Hall–Kier alpha value is -2.25. The summed E-state index contributed by atoms with van der Waals surface area (Å²) in [5.41, 5.74) is 4.13. The molecule has 0 spiro atoms. The quantitative estimate of drug-likeness (QED) is 0.661. The van der Waals surface area contributed by atoms with Gasteiger partial charge in [0, 0.05) is 55.9 Å². The molecule has 1 saturated heterocycles. The number of aryl methyl sites for hydroxylation is 1. The molecular formula is C22H29N5OS. The molecular weight excluding hydrogens is 382 g/mol. The van der Waals surface area contributed by atoms with Crippen molar-refractivity contribution < 1.29 is 4.79 Å². The van der Waals surface area contributed by atoms with Crippen molar-refractivity contribution in [1.29, 1.82) is 0 Å². The van der Waals surface area contributed by atoms with E-state index in [9.17, 15) is 4.79 Å². The average Bonchev–Trinajstić information content (AvgIpc) is 3.29. The van der Waals surface area contributed by atoms with Gasteiger partial charge in [0.25, 0.3) is 0 Å². The van der Waals surface area contributed by atoms with E-state index in [0.29, 0.717) is 6.42 Å². The SMILES string of the molecule is Cc1cccn2cc(CC(=O)N3CCN(Cc4csc(C(C)(C)C)n4)CC3)nc12. The molecule has 29 heavy (non-hydrogen) atoms. The normalized spacial score (nSPS) is 15.9. The highest BCUT2D eigenvalue weighted by atomic mass is 32.1. The van der Waals surface area contributed by atoms with Crippen molar-refractivity contribution in [3.8, 4) is 0 Å². The summed E-state index contributed by atoms with van der Waals surface area (Å²) in [4.78, 5) is 26.5. The van der Waals surface area contributed by atoms with Gasteiger partial charge >= 0.3 is 0 Å². The van der Waals surface area contributed by atoms with E-state index in [2.05, 4.69) is 36.0 Å². The molecule has 1 fully saturated rings. The van der Waals surface area contributed by atoms with Gasteiger partial charge in [-0.25, -0.2) is 9.97 Å². The van der Waals surface area contributed by atoms with Gasteiger partial charge in [0.15, 0.2) is 0 Å². The van der Waals surface area contributed by atoms with Crippen molar-refractivity contribution in [1.82, 2.24) is 24.2 Å². The molecule has 154 valence electrons.